The lowest BCUT2D eigenvalue weighted by Gasteiger charge is -2.12. The van der Waals surface area contributed by atoms with E-state index < -0.39 is 0 Å². The molecule has 0 aliphatic rings. The largest absolute Gasteiger partial charge is 0.355 e. The number of aromatic nitrogens is 1. The fourth-order valence-corrected chi connectivity index (χ4v) is 2.69. The van der Waals surface area contributed by atoms with Crippen molar-refractivity contribution in [2.75, 3.05) is 5.32 Å². The van der Waals surface area contributed by atoms with Gasteiger partial charge in [-0.2, -0.15) is 0 Å². The maximum Gasteiger partial charge on any atom is 0.0754 e. The van der Waals surface area contributed by atoms with Gasteiger partial charge in [0.1, 0.15) is 0 Å². The van der Waals surface area contributed by atoms with Crippen LogP contribution in [0, 0.1) is 13.8 Å². The van der Waals surface area contributed by atoms with Crippen molar-refractivity contribution in [3.63, 3.8) is 0 Å². The number of rotatable bonds is 2. The lowest BCUT2D eigenvalue weighted by molar-refractivity contribution is 1.31. The third-order valence-electron chi connectivity index (χ3n) is 3.54. The number of hydrogen-bond acceptors (Lipinski definition) is 2. The Morgan fingerprint density at radius 2 is 1.90 bits per heavy atom. The van der Waals surface area contributed by atoms with E-state index in [2.05, 4.69) is 64.3 Å². The van der Waals surface area contributed by atoms with E-state index >= 15 is 0 Å². The third-order valence-corrected chi connectivity index (χ3v) is 4.03. The number of halogens is 1. The SMILES string of the molecule is Cc1ccc2c(Nc3cccc(Br)c3)ccnc2c1C. The van der Waals surface area contributed by atoms with Crippen LogP contribution in [-0.4, -0.2) is 4.98 Å². The molecule has 0 saturated heterocycles. The number of benzene rings is 2. The Morgan fingerprint density at radius 1 is 1.05 bits per heavy atom. The molecule has 0 bridgehead atoms. The molecule has 0 aliphatic heterocycles. The number of anilines is 2. The first-order valence-corrected chi connectivity index (χ1v) is 7.32. The Hall–Kier alpha value is -1.87. The molecule has 0 amide bonds. The van der Waals surface area contributed by atoms with Gasteiger partial charge in [0.05, 0.1) is 5.52 Å². The van der Waals surface area contributed by atoms with Crippen LogP contribution in [0.1, 0.15) is 11.1 Å². The first-order chi connectivity index (χ1) is 9.65. The quantitative estimate of drug-likeness (QED) is 0.685. The Kier molecular flexibility index (Phi) is 3.45. The zero-order chi connectivity index (χ0) is 14.1. The minimum Gasteiger partial charge on any atom is -0.355 e. The predicted octanol–water partition coefficient (Wildman–Crippen LogP) is 5.36. The lowest BCUT2D eigenvalue weighted by Crippen LogP contribution is -1.94. The van der Waals surface area contributed by atoms with Gasteiger partial charge >= 0.3 is 0 Å². The highest BCUT2D eigenvalue weighted by Crippen LogP contribution is 2.29. The molecular formula is C17H15BrN2. The summed E-state index contributed by atoms with van der Waals surface area (Å²) >= 11 is 3.49. The molecule has 2 nitrogen and oxygen atoms in total. The number of pyridine rings is 1. The van der Waals surface area contributed by atoms with Gasteiger partial charge in [0.15, 0.2) is 0 Å². The number of nitrogens with one attached hydrogen (secondary N) is 1. The monoisotopic (exact) mass is 326 g/mol. The van der Waals surface area contributed by atoms with Crippen molar-refractivity contribution in [2.24, 2.45) is 0 Å². The average molecular weight is 327 g/mol. The molecule has 0 unspecified atom stereocenters. The summed E-state index contributed by atoms with van der Waals surface area (Å²) in [7, 11) is 0. The molecule has 2 aromatic carbocycles. The second kappa shape index (κ2) is 5.25. The molecular weight excluding hydrogens is 312 g/mol. The van der Waals surface area contributed by atoms with Gasteiger partial charge in [-0.25, -0.2) is 0 Å². The Labute approximate surface area is 127 Å². The van der Waals surface area contributed by atoms with E-state index in [9.17, 15) is 0 Å². The second-order valence-corrected chi connectivity index (χ2v) is 5.81. The summed E-state index contributed by atoms with van der Waals surface area (Å²) in [6, 6.07) is 14.4. The summed E-state index contributed by atoms with van der Waals surface area (Å²) in [4.78, 5) is 4.51. The minimum absolute atomic E-state index is 1.06. The van der Waals surface area contributed by atoms with Gasteiger partial charge in [-0.3, -0.25) is 4.98 Å². The number of fused-ring (bicyclic) bond motifs is 1. The highest BCUT2D eigenvalue weighted by Gasteiger charge is 2.06. The Bertz CT molecular complexity index is 781. The number of nitrogens with zero attached hydrogens (tertiary/aromatic N) is 1. The summed E-state index contributed by atoms with van der Waals surface area (Å²) in [5.74, 6) is 0. The van der Waals surface area contributed by atoms with E-state index in [0.29, 0.717) is 0 Å². The zero-order valence-corrected chi connectivity index (χ0v) is 13.0. The summed E-state index contributed by atoms with van der Waals surface area (Å²) in [5.41, 5.74) is 5.70. The Balaban J connectivity index is 2.10. The van der Waals surface area contributed by atoms with Crippen LogP contribution >= 0.6 is 15.9 Å². The Morgan fingerprint density at radius 3 is 2.70 bits per heavy atom. The molecule has 0 spiro atoms. The van der Waals surface area contributed by atoms with Crippen LogP contribution in [0.25, 0.3) is 10.9 Å². The van der Waals surface area contributed by atoms with Gasteiger partial charge in [0.2, 0.25) is 0 Å². The highest BCUT2D eigenvalue weighted by atomic mass is 79.9. The molecule has 1 aromatic heterocycles. The van der Waals surface area contributed by atoms with Gasteiger partial charge in [0.25, 0.3) is 0 Å². The molecule has 3 rings (SSSR count). The van der Waals surface area contributed by atoms with Crippen molar-refractivity contribution >= 4 is 38.2 Å². The molecule has 0 atom stereocenters. The maximum atomic E-state index is 4.51. The second-order valence-electron chi connectivity index (χ2n) is 4.90. The van der Waals surface area contributed by atoms with E-state index in [1.165, 1.54) is 11.1 Å². The smallest absolute Gasteiger partial charge is 0.0754 e. The van der Waals surface area contributed by atoms with Gasteiger partial charge < -0.3 is 5.32 Å². The van der Waals surface area contributed by atoms with Crippen LogP contribution in [0.3, 0.4) is 0 Å². The van der Waals surface area contributed by atoms with Crippen LogP contribution in [0.15, 0.2) is 53.1 Å². The molecule has 100 valence electrons. The molecule has 0 radical (unpaired) electrons. The van der Waals surface area contributed by atoms with Crippen molar-refractivity contribution in [3.8, 4) is 0 Å². The van der Waals surface area contributed by atoms with E-state index in [1.807, 2.05) is 24.4 Å². The molecule has 1 N–H and O–H groups in total. The summed E-state index contributed by atoms with van der Waals surface area (Å²) in [6.45, 7) is 4.23. The van der Waals surface area contributed by atoms with Crippen LogP contribution in [-0.2, 0) is 0 Å². The molecule has 20 heavy (non-hydrogen) atoms. The third kappa shape index (κ3) is 2.41. The van der Waals surface area contributed by atoms with Crippen LogP contribution in [0.4, 0.5) is 11.4 Å². The topological polar surface area (TPSA) is 24.9 Å². The van der Waals surface area contributed by atoms with Gasteiger partial charge in [0, 0.05) is 27.4 Å². The highest BCUT2D eigenvalue weighted by molar-refractivity contribution is 9.10. The molecule has 0 fully saturated rings. The van der Waals surface area contributed by atoms with Crippen molar-refractivity contribution in [3.05, 3.63) is 64.3 Å². The van der Waals surface area contributed by atoms with E-state index in [0.717, 1.165) is 26.8 Å². The van der Waals surface area contributed by atoms with Crippen molar-refractivity contribution in [1.29, 1.82) is 0 Å². The average Bonchev–Trinajstić information content (AvgIpc) is 2.43. The number of hydrogen-bond donors (Lipinski definition) is 1. The lowest BCUT2D eigenvalue weighted by atomic mass is 10.0. The first kappa shape index (κ1) is 13.1. The van der Waals surface area contributed by atoms with Crippen LogP contribution in [0.5, 0.6) is 0 Å². The molecule has 0 aliphatic carbocycles. The standard InChI is InChI=1S/C17H15BrN2/c1-11-6-7-15-16(8-9-19-17(15)12(11)2)20-14-5-3-4-13(18)10-14/h3-10H,1-2H3,(H,19,20). The molecule has 0 saturated carbocycles. The van der Waals surface area contributed by atoms with Crippen LogP contribution in [0.2, 0.25) is 0 Å². The predicted molar refractivity (Wildman–Crippen MR) is 88.6 cm³/mol. The maximum absolute atomic E-state index is 4.51. The minimum atomic E-state index is 1.06. The van der Waals surface area contributed by atoms with E-state index in [4.69, 9.17) is 0 Å². The van der Waals surface area contributed by atoms with Crippen LogP contribution < -0.4 is 5.32 Å². The van der Waals surface area contributed by atoms with E-state index in [1.54, 1.807) is 0 Å². The van der Waals surface area contributed by atoms with E-state index in [-0.39, 0.29) is 0 Å². The number of aryl methyl sites for hydroxylation is 2. The summed E-state index contributed by atoms with van der Waals surface area (Å²) in [6.07, 6.45) is 1.86. The molecule has 1 heterocycles. The van der Waals surface area contributed by atoms with Gasteiger partial charge in [-0.1, -0.05) is 34.1 Å². The summed E-state index contributed by atoms with van der Waals surface area (Å²) < 4.78 is 1.06. The fraction of sp³-hybridized carbons (Fsp3) is 0.118. The van der Waals surface area contributed by atoms with Gasteiger partial charge in [-0.05, 0) is 49.2 Å². The normalized spacial score (nSPS) is 10.8. The summed E-state index contributed by atoms with van der Waals surface area (Å²) in [5, 5.41) is 4.61. The molecule has 3 heteroatoms. The van der Waals surface area contributed by atoms with Gasteiger partial charge in [-0.15, -0.1) is 0 Å². The first-order valence-electron chi connectivity index (χ1n) is 6.52. The van der Waals surface area contributed by atoms with Crippen molar-refractivity contribution in [1.82, 2.24) is 4.98 Å². The van der Waals surface area contributed by atoms with Crippen molar-refractivity contribution in [2.45, 2.75) is 13.8 Å². The zero-order valence-electron chi connectivity index (χ0n) is 11.4. The fourth-order valence-electron chi connectivity index (χ4n) is 2.29. The van der Waals surface area contributed by atoms with Crippen molar-refractivity contribution < 1.29 is 0 Å². The molecule has 3 aromatic rings.